The van der Waals surface area contributed by atoms with E-state index in [1.54, 1.807) is 0 Å². The second kappa shape index (κ2) is 6.40. The zero-order chi connectivity index (χ0) is 13.8. The van der Waals surface area contributed by atoms with Crippen LogP contribution >= 0.6 is 0 Å². The Hall–Kier alpha value is -1.06. The van der Waals surface area contributed by atoms with Gasteiger partial charge in [0.15, 0.2) is 0 Å². The highest BCUT2D eigenvalue weighted by molar-refractivity contribution is 5.29. The van der Waals surface area contributed by atoms with Gasteiger partial charge >= 0.3 is 0 Å². The van der Waals surface area contributed by atoms with Gasteiger partial charge in [-0.25, -0.2) is 0 Å². The van der Waals surface area contributed by atoms with Crippen molar-refractivity contribution in [1.29, 1.82) is 0 Å². The highest BCUT2D eigenvalue weighted by Gasteiger charge is 2.26. The molecule has 1 aromatic carbocycles. The summed E-state index contributed by atoms with van der Waals surface area (Å²) in [6, 6.07) is 10.1. The van der Waals surface area contributed by atoms with E-state index in [-0.39, 0.29) is 0 Å². The van der Waals surface area contributed by atoms with Gasteiger partial charge in [0.1, 0.15) is 5.75 Å². The van der Waals surface area contributed by atoms with Crippen LogP contribution in [0.4, 0.5) is 0 Å². The van der Waals surface area contributed by atoms with Crippen LogP contribution in [-0.2, 0) is 0 Å². The lowest BCUT2D eigenvalue weighted by atomic mass is 10.1. The molecule has 0 aromatic heterocycles. The zero-order valence-electron chi connectivity index (χ0n) is 12.5. The van der Waals surface area contributed by atoms with Gasteiger partial charge in [0.05, 0.1) is 6.61 Å². The topological polar surface area (TPSA) is 24.5 Å². The molecule has 1 N–H and O–H groups in total. The molecule has 0 radical (unpaired) electrons. The summed E-state index contributed by atoms with van der Waals surface area (Å²) >= 11 is 0. The van der Waals surface area contributed by atoms with Crippen LogP contribution in [0.25, 0.3) is 0 Å². The van der Waals surface area contributed by atoms with Gasteiger partial charge in [0.25, 0.3) is 0 Å². The predicted molar refractivity (Wildman–Crippen MR) is 79.7 cm³/mol. The Labute approximate surface area is 116 Å². The first kappa shape index (κ1) is 14.4. The Morgan fingerprint density at radius 3 is 2.58 bits per heavy atom. The lowest BCUT2D eigenvalue weighted by Crippen LogP contribution is -2.33. The van der Waals surface area contributed by atoms with Crippen molar-refractivity contribution in [2.75, 3.05) is 20.2 Å². The number of ether oxygens (including phenoxy) is 1. The second-order valence-corrected chi connectivity index (χ2v) is 5.61. The maximum Gasteiger partial charge on any atom is 0.119 e. The molecular formula is C16H26N2O. The highest BCUT2D eigenvalue weighted by atomic mass is 16.5. The summed E-state index contributed by atoms with van der Waals surface area (Å²) in [5.41, 5.74) is 1.32. The minimum absolute atomic E-state index is 0.388. The lowest BCUT2D eigenvalue weighted by Gasteiger charge is -2.20. The summed E-state index contributed by atoms with van der Waals surface area (Å²) in [4.78, 5) is 2.42. The standard InChI is InChI=1S/C16H26N2O/c1-5-19-16-8-6-14(7-9-16)13(3)17-15-10-12(2)18(4)11-15/h6-9,12-13,15,17H,5,10-11H2,1-4H3. The third-order valence-corrected chi connectivity index (χ3v) is 4.06. The molecule has 1 fully saturated rings. The van der Waals surface area contributed by atoms with Crippen LogP contribution in [0.2, 0.25) is 0 Å². The molecule has 1 aliphatic heterocycles. The Morgan fingerprint density at radius 1 is 1.37 bits per heavy atom. The van der Waals surface area contributed by atoms with Crippen molar-refractivity contribution in [3.8, 4) is 5.75 Å². The fourth-order valence-electron chi connectivity index (χ4n) is 2.78. The van der Waals surface area contributed by atoms with Gasteiger partial charge in [-0.2, -0.15) is 0 Å². The molecule has 1 aromatic rings. The first-order valence-corrected chi connectivity index (χ1v) is 7.29. The van der Waals surface area contributed by atoms with Gasteiger partial charge in [-0.3, -0.25) is 0 Å². The Kier molecular flexibility index (Phi) is 4.83. The van der Waals surface area contributed by atoms with E-state index < -0.39 is 0 Å². The van der Waals surface area contributed by atoms with E-state index in [4.69, 9.17) is 4.74 Å². The summed E-state index contributed by atoms with van der Waals surface area (Å²) < 4.78 is 5.48. The minimum Gasteiger partial charge on any atom is -0.494 e. The van der Waals surface area contributed by atoms with Gasteiger partial charge in [-0.15, -0.1) is 0 Å². The van der Waals surface area contributed by atoms with Gasteiger partial charge in [-0.05, 0) is 51.9 Å². The van der Waals surface area contributed by atoms with Crippen LogP contribution in [0.1, 0.15) is 38.8 Å². The SMILES string of the molecule is CCOc1ccc(C(C)NC2CC(C)N(C)C2)cc1. The molecule has 0 amide bonds. The Morgan fingerprint density at radius 2 is 2.05 bits per heavy atom. The van der Waals surface area contributed by atoms with Crippen LogP contribution in [0.3, 0.4) is 0 Å². The van der Waals surface area contributed by atoms with Crippen molar-refractivity contribution in [3.63, 3.8) is 0 Å². The largest absolute Gasteiger partial charge is 0.494 e. The number of nitrogens with zero attached hydrogens (tertiary/aromatic N) is 1. The zero-order valence-corrected chi connectivity index (χ0v) is 12.5. The van der Waals surface area contributed by atoms with Crippen molar-refractivity contribution in [2.24, 2.45) is 0 Å². The molecule has 19 heavy (non-hydrogen) atoms. The summed E-state index contributed by atoms with van der Waals surface area (Å²) in [6.45, 7) is 8.40. The summed E-state index contributed by atoms with van der Waals surface area (Å²) in [5, 5.41) is 3.72. The number of benzene rings is 1. The van der Waals surface area contributed by atoms with E-state index in [2.05, 4.69) is 55.4 Å². The lowest BCUT2D eigenvalue weighted by molar-refractivity contribution is 0.325. The van der Waals surface area contributed by atoms with E-state index >= 15 is 0 Å². The fourth-order valence-corrected chi connectivity index (χ4v) is 2.78. The molecule has 1 saturated heterocycles. The van der Waals surface area contributed by atoms with Gasteiger partial charge < -0.3 is 15.0 Å². The molecule has 3 nitrogen and oxygen atoms in total. The van der Waals surface area contributed by atoms with E-state index in [0.717, 1.165) is 18.9 Å². The van der Waals surface area contributed by atoms with E-state index in [9.17, 15) is 0 Å². The number of nitrogens with one attached hydrogen (secondary N) is 1. The van der Waals surface area contributed by atoms with Gasteiger partial charge in [0.2, 0.25) is 0 Å². The molecule has 3 atom stereocenters. The van der Waals surface area contributed by atoms with E-state index in [1.807, 2.05) is 6.92 Å². The molecular weight excluding hydrogens is 236 g/mol. The Balaban J connectivity index is 1.90. The maximum absolute atomic E-state index is 5.48. The molecule has 0 saturated carbocycles. The van der Waals surface area contributed by atoms with Crippen molar-refractivity contribution in [1.82, 2.24) is 10.2 Å². The fraction of sp³-hybridized carbons (Fsp3) is 0.625. The van der Waals surface area contributed by atoms with Crippen molar-refractivity contribution in [3.05, 3.63) is 29.8 Å². The van der Waals surface area contributed by atoms with Crippen molar-refractivity contribution >= 4 is 0 Å². The van der Waals surface area contributed by atoms with Crippen molar-refractivity contribution < 1.29 is 4.74 Å². The molecule has 2 rings (SSSR count). The average molecular weight is 262 g/mol. The number of rotatable bonds is 5. The third kappa shape index (κ3) is 3.71. The summed E-state index contributed by atoms with van der Waals surface area (Å²) in [5.74, 6) is 0.952. The molecule has 0 bridgehead atoms. The summed E-state index contributed by atoms with van der Waals surface area (Å²) in [6.07, 6.45) is 1.23. The number of likely N-dealkylation sites (tertiary alicyclic amines) is 1. The number of hydrogen-bond acceptors (Lipinski definition) is 3. The third-order valence-electron chi connectivity index (χ3n) is 4.06. The normalized spacial score (nSPS) is 25.5. The number of hydrogen-bond donors (Lipinski definition) is 1. The Bertz CT molecular complexity index is 380. The van der Waals surface area contributed by atoms with Crippen molar-refractivity contribution in [2.45, 2.75) is 45.3 Å². The summed E-state index contributed by atoms with van der Waals surface area (Å²) in [7, 11) is 2.20. The minimum atomic E-state index is 0.388. The van der Waals surface area contributed by atoms with Gasteiger partial charge in [0, 0.05) is 24.7 Å². The number of likely N-dealkylation sites (N-methyl/N-ethyl adjacent to an activating group) is 1. The molecule has 106 valence electrons. The van der Waals surface area contributed by atoms with Crippen LogP contribution in [0.5, 0.6) is 5.75 Å². The predicted octanol–water partition coefficient (Wildman–Crippen LogP) is 2.83. The molecule has 3 heteroatoms. The molecule has 0 aliphatic carbocycles. The quantitative estimate of drug-likeness (QED) is 0.883. The average Bonchev–Trinajstić information content (AvgIpc) is 2.69. The molecule has 1 heterocycles. The first-order valence-electron chi connectivity index (χ1n) is 7.29. The van der Waals surface area contributed by atoms with E-state index in [1.165, 1.54) is 12.0 Å². The van der Waals surface area contributed by atoms with Crippen LogP contribution in [-0.4, -0.2) is 37.2 Å². The molecule has 0 spiro atoms. The highest BCUT2D eigenvalue weighted by Crippen LogP contribution is 2.21. The van der Waals surface area contributed by atoms with Crippen LogP contribution in [0, 0.1) is 0 Å². The second-order valence-electron chi connectivity index (χ2n) is 5.61. The monoisotopic (exact) mass is 262 g/mol. The first-order chi connectivity index (χ1) is 9.10. The van der Waals surface area contributed by atoms with E-state index in [0.29, 0.717) is 18.1 Å². The van der Waals surface area contributed by atoms with Gasteiger partial charge in [-0.1, -0.05) is 12.1 Å². The smallest absolute Gasteiger partial charge is 0.119 e. The molecule has 1 aliphatic rings. The molecule has 3 unspecified atom stereocenters. The maximum atomic E-state index is 5.48. The van der Waals surface area contributed by atoms with Crippen LogP contribution < -0.4 is 10.1 Å². The van der Waals surface area contributed by atoms with Crippen LogP contribution in [0.15, 0.2) is 24.3 Å².